The van der Waals surface area contributed by atoms with Crippen LogP contribution < -0.4 is 5.43 Å². The zero-order chi connectivity index (χ0) is 20.6. The third kappa shape index (κ3) is 10.6. The fourth-order valence-electron chi connectivity index (χ4n) is 3.51. The third-order valence-electron chi connectivity index (χ3n) is 5.04. The molecule has 162 valence electrons. The molecule has 1 rings (SSSR count). The first-order valence-corrected chi connectivity index (χ1v) is 10.9. The Kier molecular flexibility index (Phi) is 13.3. The SMILES string of the molecule is CCOC(=O)CCCCCCN(NCCC(=O)C1CCCCC1)C(=O)OCC. The number of nitrogens with zero attached hydrogens (tertiary/aromatic N) is 1. The zero-order valence-electron chi connectivity index (χ0n) is 17.7. The molecule has 0 saturated heterocycles. The van der Waals surface area contributed by atoms with Gasteiger partial charge < -0.3 is 9.47 Å². The maximum Gasteiger partial charge on any atom is 0.424 e. The van der Waals surface area contributed by atoms with Crippen LogP contribution in [0.3, 0.4) is 0 Å². The molecule has 1 fully saturated rings. The van der Waals surface area contributed by atoms with Crippen molar-refractivity contribution in [1.29, 1.82) is 0 Å². The van der Waals surface area contributed by atoms with Gasteiger partial charge in [0.25, 0.3) is 0 Å². The van der Waals surface area contributed by atoms with Crippen molar-refractivity contribution >= 4 is 17.8 Å². The Morgan fingerprint density at radius 2 is 1.57 bits per heavy atom. The molecule has 0 bridgehead atoms. The van der Waals surface area contributed by atoms with Crippen LogP contribution in [0.25, 0.3) is 0 Å². The predicted molar refractivity (Wildman–Crippen MR) is 108 cm³/mol. The highest BCUT2D eigenvalue weighted by atomic mass is 16.6. The summed E-state index contributed by atoms with van der Waals surface area (Å²) in [5.41, 5.74) is 3.06. The number of hydrogen-bond donors (Lipinski definition) is 1. The fourth-order valence-corrected chi connectivity index (χ4v) is 3.51. The van der Waals surface area contributed by atoms with Crippen molar-refractivity contribution in [3.8, 4) is 0 Å². The predicted octanol–water partition coefficient (Wildman–Crippen LogP) is 4.00. The molecule has 1 saturated carbocycles. The van der Waals surface area contributed by atoms with E-state index in [9.17, 15) is 14.4 Å². The molecule has 0 aliphatic heterocycles. The number of unbranched alkanes of at least 4 members (excludes halogenated alkanes) is 3. The van der Waals surface area contributed by atoms with Crippen LogP contribution in [0.5, 0.6) is 0 Å². The second-order valence-corrected chi connectivity index (χ2v) is 7.28. The minimum atomic E-state index is -0.404. The van der Waals surface area contributed by atoms with Crippen molar-refractivity contribution in [3.63, 3.8) is 0 Å². The van der Waals surface area contributed by atoms with Gasteiger partial charge in [-0.3, -0.25) is 9.59 Å². The number of carbonyl (C=O) groups is 3. The van der Waals surface area contributed by atoms with Crippen molar-refractivity contribution in [2.24, 2.45) is 5.92 Å². The number of Topliss-reactive ketones (excluding diaryl/α,β-unsaturated/α-hetero) is 1. The van der Waals surface area contributed by atoms with Crippen LogP contribution in [-0.4, -0.2) is 49.2 Å². The molecule has 1 N–H and O–H groups in total. The first-order chi connectivity index (χ1) is 13.6. The summed E-state index contributed by atoms with van der Waals surface area (Å²) in [7, 11) is 0. The van der Waals surface area contributed by atoms with E-state index in [0.717, 1.165) is 51.4 Å². The zero-order valence-corrected chi connectivity index (χ0v) is 17.7. The topological polar surface area (TPSA) is 84.9 Å². The number of hydrogen-bond acceptors (Lipinski definition) is 6. The summed E-state index contributed by atoms with van der Waals surface area (Å²) in [6, 6.07) is 0. The number of nitrogens with one attached hydrogen (secondary N) is 1. The number of hydrazine groups is 1. The lowest BCUT2D eigenvalue weighted by atomic mass is 9.85. The fraction of sp³-hybridized carbons (Fsp3) is 0.857. The van der Waals surface area contributed by atoms with Gasteiger partial charge >= 0.3 is 12.1 Å². The molecule has 28 heavy (non-hydrogen) atoms. The van der Waals surface area contributed by atoms with E-state index in [-0.39, 0.29) is 11.9 Å². The molecule has 1 aliphatic carbocycles. The largest absolute Gasteiger partial charge is 0.466 e. The van der Waals surface area contributed by atoms with Crippen molar-refractivity contribution < 1.29 is 23.9 Å². The number of ether oxygens (including phenoxy) is 2. The van der Waals surface area contributed by atoms with Crippen LogP contribution >= 0.6 is 0 Å². The van der Waals surface area contributed by atoms with E-state index >= 15 is 0 Å². The molecule has 1 aliphatic rings. The van der Waals surface area contributed by atoms with Crippen LogP contribution in [0.2, 0.25) is 0 Å². The molecule has 0 heterocycles. The number of ketones is 1. The smallest absolute Gasteiger partial charge is 0.424 e. The van der Waals surface area contributed by atoms with Gasteiger partial charge in [-0.15, -0.1) is 0 Å². The Bertz CT molecular complexity index is 464. The van der Waals surface area contributed by atoms with Gasteiger partial charge in [-0.2, -0.15) is 0 Å². The van der Waals surface area contributed by atoms with E-state index in [1.165, 1.54) is 11.4 Å². The van der Waals surface area contributed by atoms with E-state index in [2.05, 4.69) is 5.43 Å². The van der Waals surface area contributed by atoms with Crippen molar-refractivity contribution in [3.05, 3.63) is 0 Å². The van der Waals surface area contributed by atoms with E-state index in [4.69, 9.17) is 9.47 Å². The van der Waals surface area contributed by atoms with Crippen molar-refractivity contribution in [2.75, 3.05) is 26.3 Å². The van der Waals surface area contributed by atoms with Crippen LogP contribution in [-0.2, 0) is 19.1 Å². The third-order valence-corrected chi connectivity index (χ3v) is 5.04. The molecule has 1 amide bonds. The molecule has 0 aromatic rings. The van der Waals surface area contributed by atoms with Crippen LogP contribution in [0.1, 0.15) is 84.5 Å². The van der Waals surface area contributed by atoms with E-state index in [0.29, 0.717) is 44.9 Å². The molecular weight excluding hydrogens is 360 g/mol. The summed E-state index contributed by atoms with van der Waals surface area (Å²) in [6.45, 7) is 5.29. The van der Waals surface area contributed by atoms with Gasteiger partial charge in [0, 0.05) is 31.8 Å². The average Bonchev–Trinajstić information content (AvgIpc) is 2.70. The summed E-state index contributed by atoms with van der Waals surface area (Å²) in [4.78, 5) is 35.7. The molecule has 7 nitrogen and oxygen atoms in total. The average molecular weight is 399 g/mol. The summed E-state index contributed by atoms with van der Waals surface area (Å²) in [6.07, 6.45) is 9.46. The van der Waals surface area contributed by atoms with E-state index < -0.39 is 6.09 Å². The summed E-state index contributed by atoms with van der Waals surface area (Å²) in [5, 5.41) is 1.48. The lowest BCUT2D eigenvalue weighted by Gasteiger charge is -2.24. The molecule has 0 aromatic carbocycles. The Hall–Kier alpha value is -1.63. The quantitative estimate of drug-likeness (QED) is 0.270. The number of esters is 1. The number of rotatable bonds is 14. The highest BCUT2D eigenvalue weighted by molar-refractivity contribution is 5.81. The lowest BCUT2D eigenvalue weighted by Crippen LogP contribution is -2.44. The maximum absolute atomic E-state index is 12.3. The Labute approximate surface area is 169 Å². The van der Waals surface area contributed by atoms with Gasteiger partial charge in [-0.05, 0) is 39.5 Å². The summed E-state index contributed by atoms with van der Waals surface area (Å²) >= 11 is 0. The monoisotopic (exact) mass is 398 g/mol. The van der Waals surface area contributed by atoms with Gasteiger partial charge in [-0.25, -0.2) is 15.2 Å². The normalized spacial score (nSPS) is 14.5. The Balaban J connectivity index is 2.24. The minimum absolute atomic E-state index is 0.153. The van der Waals surface area contributed by atoms with Crippen LogP contribution in [0.4, 0.5) is 4.79 Å². The summed E-state index contributed by atoms with van der Waals surface area (Å²) < 4.78 is 10.00. The highest BCUT2D eigenvalue weighted by Crippen LogP contribution is 2.25. The number of carbonyl (C=O) groups excluding carboxylic acids is 3. The van der Waals surface area contributed by atoms with Gasteiger partial charge in [0.15, 0.2) is 0 Å². The lowest BCUT2D eigenvalue weighted by molar-refractivity contribution is -0.143. The molecular formula is C21H38N2O5. The van der Waals surface area contributed by atoms with Gasteiger partial charge in [0.1, 0.15) is 5.78 Å². The standard InChI is InChI=1S/C21H38N2O5/c1-3-27-20(25)14-10-5-6-11-17-23(21(26)28-4-2)22-16-15-19(24)18-12-8-7-9-13-18/h18,22H,3-17H2,1-2H3. The second kappa shape index (κ2) is 15.3. The molecule has 0 radical (unpaired) electrons. The van der Waals surface area contributed by atoms with Gasteiger partial charge in [-0.1, -0.05) is 32.1 Å². The van der Waals surface area contributed by atoms with Gasteiger partial charge in [0.05, 0.1) is 13.2 Å². The van der Waals surface area contributed by atoms with Crippen molar-refractivity contribution in [1.82, 2.24) is 10.4 Å². The Morgan fingerprint density at radius 1 is 0.893 bits per heavy atom. The summed E-state index contributed by atoms with van der Waals surface area (Å²) in [5.74, 6) is 0.348. The molecule has 0 atom stereocenters. The van der Waals surface area contributed by atoms with E-state index in [1.54, 1.807) is 13.8 Å². The second-order valence-electron chi connectivity index (χ2n) is 7.28. The van der Waals surface area contributed by atoms with E-state index in [1.807, 2.05) is 0 Å². The molecule has 0 spiro atoms. The molecule has 0 unspecified atom stereocenters. The van der Waals surface area contributed by atoms with Crippen LogP contribution in [0.15, 0.2) is 0 Å². The highest BCUT2D eigenvalue weighted by Gasteiger charge is 2.21. The molecule has 7 heteroatoms. The van der Waals surface area contributed by atoms with Crippen molar-refractivity contribution in [2.45, 2.75) is 84.5 Å². The first kappa shape index (κ1) is 24.4. The van der Waals surface area contributed by atoms with Gasteiger partial charge in [0.2, 0.25) is 0 Å². The maximum atomic E-state index is 12.3. The molecule has 0 aromatic heterocycles. The van der Waals surface area contributed by atoms with Crippen LogP contribution in [0, 0.1) is 5.92 Å². The first-order valence-electron chi connectivity index (χ1n) is 10.9. The minimum Gasteiger partial charge on any atom is -0.466 e. The number of amides is 1. The Morgan fingerprint density at radius 3 is 2.25 bits per heavy atom.